The first-order chi connectivity index (χ1) is 18.9. The van der Waals surface area contributed by atoms with Crippen LogP contribution in [0.5, 0.6) is 17.4 Å². The first-order valence-electron chi connectivity index (χ1n) is 11.8. The highest BCUT2D eigenvalue weighted by molar-refractivity contribution is 7.99. The van der Waals surface area contributed by atoms with E-state index in [1.807, 2.05) is 6.07 Å². The van der Waals surface area contributed by atoms with Crippen LogP contribution in [0.2, 0.25) is 0 Å². The van der Waals surface area contributed by atoms with Crippen LogP contribution in [0.1, 0.15) is 27.6 Å². The van der Waals surface area contributed by atoms with Gasteiger partial charge in [0.15, 0.2) is 22.8 Å². The summed E-state index contributed by atoms with van der Waals surface area (Å²) in [4.78, 5) is 43.6. The number of carbonyl (C=O) groups excluding carboxylic acids is 2. The highest BCUT2D eigenvalue weighted by Gasteiger charge is 2.40. The molecule has 1 aromatic heterocycles. The number of aromatic hydroxyl groups is 1. The maximum atomic E-state index is 13.9. The number of cyclic esters (lactones) is 1. The molecule has 1 atom stereocenters. The van der Waals surface area contributed by atoms with Crippen molar-refractivity contribution in [2.45, 2.75) is 11.3 Å². The maximum absolute atomic E-state index is 13.9. The fourth-order valence-electron chi connectivity index (χ4n) is 4.30. The second kappa shape index (κ2) is 10.9. The summed E-state index contributed by atoms with van der Waals surface area (Å²) in [6, 6.07) is 20.8. The Balaban J connectivity index is 1.56. The quantitative estimate of drug-likeness (QED) is 0.192. The zero-order valence-electron chi connectivity index (χ0n) is 20.9. The van der Waals surface area contributed by atoms with Crippen molar-refractivity contribution in [2.24, 2.45) is 0 Å². The number of thioether (sulfide) groups is 1. The number of benzene rings is 3. The van der Waals surface area contributed by atoms with Gasteiger partial charge in [0, 0.05) is 11.3 Å². The number of methoxy groups -OCH3 is 2. The summed E-state index contributed by atoms with van der Waals surface area (Å²) >= 11 is 0.981. The number of nitrogens with one attached hydrogen (secondary N) is 1. The second-order valence-electron chi connectivity index (χ2n) is 8.36. The lowest BCUT2D eigenvalue weighted by atomic mass is 9.99. The Kier molecular flexibility index (Phi) is 7.24. The van der Waals surface area contributed by atoms with Crippen molar-refractivity contribution in [3.8, 4) is 23.1 Å². The van der Waals surface area contributed by atoms with E-state index in [9.17, 15) is 19.5 Å². The van der Waals surface area contributed by atoms with Gasteiger partial charge in [-0.05, 0) is 30.3 Å². The standard InChI is InChI=1S/C28H23N3O7S/c1-36-19-14-13-18-21(24(19)37-2)27(35)38-23(18)22-25(33)30-28(31(26(22)34)17-11-7-4-8-12-17)39-15-20(32)29-16-9-5-3-6-10-16/h3-14,23,33H,15H2,1-2H3,(H,29,32)/t23-/m0/s1. The van der Waals surface area contributed by atoms with Crippen molar-refractivity contribution < 1.29 is 28.9 Å². The average molecular weight is 546 g/mol. The van der Waals surface area contributed by atoms with Crippen LogP contribution in [0, 0.1) is 0 Å². The normalized spacial score (nSPS) is 13.9. The molecule has 0 spiro atoms. The maximum Gasteiger partial charge on any atom is 0.343 e. The van der Waals surface area contributed by atoms with E-state index in [0.717, 1.165) is 11.8 Å². The first-order valence-corrected chi connectivity index (χ1v) is 12.8. The number of aromatic nitrogens is 2. The molecule has 39 heavy (non-hydrogen) atoms. The van der Waals surface area contributed by atoms with Crippen LogP contribution in [0.3, 0.4) is 0 Å². The van der Waals surface area contributed by atoms with E-state index >= 15 is 0 Å². The Bertz CT molecular complexity index is 1610. The minimum atomic E-state index is -1.23. The van der Waals surface area contributed by atoms with Crippen LogP contribution in [-0.4, -0.2) is 46.5 Å². The van der Waals surface area contributed by atoms with Crippen molar-refractivity contribution in [1.29, 1.82) is 0 Å². The minimum absolute atomic E-state index is 0.0782. The van der Waals surface area contributed by atoms with Gasteiger partial charge in [-0.2, -0.15) is 4.98 Å². The molecule has 3 aromatic carbocycles. The number of amides is 1. The number of rotatable bonds is 8. The molecule has 198 valence electrons. The molecule has 1 amide bonds. The third-order valence-electron chi connectivity index (χ3n) is 6.02. The average Bonchev–Trinajstić information content (AvgIpc) is 3.28. The molecule has 0 saturated carbocycles. The van der Waals surface area contributed by atoms with Gasteiger partial charge in [-0.1, -0.05) is 54.2 Å². The Morgan fingerprint density at radius 3 is 2.38 bits per heavy atom. The van der Waals surface area contributed by atoms with Gasteiger partial charge >= 0.3 is 5.97 Å². The van der Waals surface area contributed by atoms with E-state index in [1.54, 1.807) is 66.7 Å². The van der Waals surface area contributed by atoms with Crippen molar-refractivity contribution in [1.82, 2.24) is 9.55 Å². The fourth-order valence-corrected chi connectivity index (χ4v) is 5.10. The zero-order chi connectivity index (χ0) is 27.5. The number of esters is 1. The van der Waals surface area contributed by atoms with Crippen LogP contribution in [-0.2, 0) is 9.53 Å². The molecular formula is C28H23N3O7S. The number of nitrogens with zero attached hydrogens (tertiary/aromatic N) is 2. The molecule has 1 aliphatic heterocycles. The molecule has 1 aliphatic rings. The molecule has 0 bridgehead atoms. The predicted octanol–water partition coefficient (Wildman–Crippen LogP) is 3.95. The van der Waals surface area contributed by atoms with E-state index in [1.165, 1.54) is 18.8 Å². The van der Waals surface area contributed by atoms with Gasteiger partial charge in [0.05, 0.1) is 25.7 Å². The van der Waals surface area contributed by atoms with E-state index in [2.05, 4.69) is 10.3 Å². The topological polar surface area (TPSA) is 129 Å². The lowest BCUT2D eigenvalue weighted by Gasteiger charge is -2.17. The molecule has 0 radical (unpaired) electrons. The van der Waals surface area contributed by atoms with Crippen LogP contribution in [0.15, 0.2) is 82.7 Å². The van der Waals surface area contributed by atoms with Crippen LogP contribution < -0.4 is 20.3 Å². The van der Waals surface area contributed by atoms with Crippen molar-refractivity contribution in [3.05, 3.63) is 99.8 Å². The van der Waals surface area contributed by atoms with E-state index in [4.69, 9.17) is 14.2 Å². The van der Waals surface area contributed by atoms with Crippen molar-refractivity contribution in [3.63, 3.8) is 0 Å². The summed E-state index contributed by atoms with van der Waals surface area (Å²) in [7, 11) is 2.83. The van der Waals surface area contributed by atoms with Gasteiger partial charge in [0.2, 0.25) is 11.8 Å². The Morgan fingerprint density at radius 1 is 1.03 bits per heavy atom. The van der Waals surface area contributed by atoms with Crippen LogP contribution in [0.4, 0.5) is 5.69 Å². The van der Waals surface area contributed by atoms with Crippen LogP contribution in [0.25, 0.3) is 5.69 Å². The van der Waals surface area contributed by atoms with Gasteiger partial charge in [-0.25, -0.2) is 4.79 Å². The van der Waals surface area contributed by atoms with Crippen molar-refractivity contribution >= 4 is 29.3 Å². The monoisotopic (exact) mass is 545 g/mol. The van der Waals surface area contributed by atoms with Gasteiger partial charge < -0.3 is 24.6 Å². The molecule has 0 aliphatic carbocycles. The number of hydrogen-bond donors (Lipinski definition) is 2. The van der Waals surface area contributed by atoms with Crippen molar-refractivity contribution in [2.75, 3.05) is 25.3 Å². The Labute approximate surface area is 227 Å². The second-order valence-corrected chi connectivity index (χ2v) is 9.30. The molecule has 0 fully saturated rings. The number of anilines is 1. The first kappa shape index (κ1) is 25.9. The zero-order valence-corrected chi connectivity index (χ0v) is 21.7. The van der Waals surface area contributed by atoms with E-state index < -0.39 is 23.5 Å². The highest BCUT2D eigenvalue weighted by Crippen LogP contribution is 2.45. The van der Waals surface area contributed by atoms with Gasteiger partial charge in [0.25, 0.3) is 5.56 Å². The van der Waals surface area contributed by atoms with Gasteiger partial charge in [-0.3, -0.25) is 14.2 Å². The minimum Gasteiger partial charge on any atom is -0.493 e. The summed E-state index contributed by atoms with van der Waals surface area (Å²) in [6.45, 7) is 0. The Morgan fingerprint density at radius 2 is 1.72 bits per heavy atom. The molecule has 4 aromatic rings. The highest BCUT2D eigenvalue weighted by atomic mass is 32.2. The third-order valence-corrected chi connectivity index (χ3v) is 6.96. The Hall–Kier alpha value is -4.77. The molecular weight excluding hydrogens is 522 g/mol. The smallest absolute Gasteiger partial charge is 0.343 e. The fraction of sp³-hybridized carbons (Fsp3) is 0.143. The summed E-state index contributed by atoms with van der Waals surface area (Å²) in [5.74, 6) is -1.26. The van der Waals surface area contributed by atoms with E-state index in [-0.39, 0.29) is 33.7 Å². The number of ether oxygens (including phenoxy) is 3. The molecule has 0 saturated heterocycles. The third kappa shape index (κ3) is 4.91. The molecule has 11 heteroatoms. The molecule has 2 heterocycles. The summed E-state index contributed by atoms with van der Waals surface area (Å²) in [5, 5.41) is 13.8. The van der Waals surface area contributed by atoms with Gasteiger partial charge in [-0.15, -0.1) is 0 Å². The number of para-hydroxylation sites is 2. The van der Waals surface area contributed by atoms with E-state index in [0.29, 0.717) is 22.7 Å². The summed E-state index contributed by atoms with van der Waals surface area (Å²) < 4.78 is 17.5. The lowest BCUT2D eigenvalue weighted by Crippen LogP contribution is -2.28. The van der Waals surface area contributed by atoms with Crippen LogP contribution >= 0.6 is 11.8 Å². The number of carbonyl (C=O) groups is 2. The SMILES string of the molecule is COc1ccc2c(c1OC)C(=O)O[C@@H]2c1c(O)nc(SCC(=O)Nc2ccccc2)n(-c2ccccc2)c1=O. The lowest BCUT2D eigenvalue weighted by molar-refractivity contribution is -0.113. The summed E-state index contributed by atoms with van der Waals surface area (Å²) in [5.41, 5.74) is 0.635. The number of fused-ring (bicyclic) bond motifs is 1. The molecule has 5 rings (SSSR count). The molecule has 2 N–H and O–H groups in total. The predicted molar refractivity (Wildman–Crippen MR) is 144 cm³/mol. The largest absolute Gasteiger partial charge is 0.493 e. The van der Waals surface area contributed by atoms with Gasteiger partial charge in [0.1, 0.15) is 11.1 Å². The summed E-state index contributed by atoms with van der Waals surface area (Å²) in [6.07, 6.45) is -1.23. The molecule has 10 nitrogen and oxygen atoms in total. The molecule has 0 unspecified atom stereocenters. The number of hydrogen-bond acceptors (Lipinski definition) is 9.